The number of carbonyl (C=O) groups excluding carboxylic acids is 1. The maximum Gasteiger partial charge on any atom is 0.192 e. The summed E-state index contributed by atoms with van der Waals surface area (Å²) in [6, 6.07) is 27.1. The third-order valence-corrected chi connectivity index (χ3v) is 6.08. The molecule has 1 aromatic heterocycles. The van der Waals surface area contributed by atoms with Crippen LogP contribution in [0.1, 0.15) is 21.7 Å². The van der Waals surface area contributed by atoms with E-state index in [1.807, 2.05) is 77.4 Å². The maximum atomic E-state index is 12.6. The van der Waals surface area contributed by atoms with Gasteiger partial charge in [-0.25, -0.2) is 0 Å². The van der Waals surface area contributed by atoms with Crippen LogP contribution in [0.3, 0.4) is 0 Å². The Morgan fingerprint density at radius 2 is 1.58 bits per heavy atom. The smallest absolute Gasteiger partial charge is 0.192 e. The fraction of sp³-hybridized carbons (Fsp3) is 0.125. The van der Waals surface area contributed by atoms with Gasteiger partial charge in [-0.05, 0) is 29.8 Å². The molecule has 7 heteroatoms. The minimum Gasteiger partial charge on any atom is -0.486 e. The van der Waals surface area contributed by atoms with Gasteiger partial charge in [0.2, 0.25) is 0 Å². The summed E-state index contributed by atoms with van der Waals surface area (Å²) in [7, 11) is 0. The van der Waals surface area contributed by atoms with E-state index in [0.717, 1.165) is 15.8 Å². The minimum absolute atomic E-state index is 0.0499. The number of nitrogens with zero attached hydrogens (tertiary/aromatic N) is 3. The van der Waals surface area contributed by atoms with Crippen molar-refractivity contribution in [3.8, 4) is 5.75 Å². The molecule has 156 valence electrons. The number of aromatic nitrogens is 3. The molecule has 0 aliphatic rings. The first-order valence-electron chi connectivity index (χ1n) is 9.74. The summed E-state index contributed by atoms with van der Waals surface area (Å²) in [4.78, 5) is 12.6. The van der Waals surface area contributed by atoms with Gasteiger partial charge in [0.15, 0.2) is 16.8 Å². The van der Waals surface area contributed by atoms with Crippen LogP contribution in [0.25, 0.3) is 0 Å². The monoisotopic (exact) mass is 493 g/mol. The lowest BCUT2D eigenvalue weighted by molar-refractivity contribution is 0.102. The standard InChI is InChI=1S/C24H20BrN3O2S/c25-20-13-11-19(12-14-20)22(29)17-31-24-27-26-23(16-30-21-9-5-2-6-10-21)28(24)15-18-7-3-1-4-8-18/h1-14H,15-17H2. The number of hydrogen-bond donors (Lipinski definition) is 0. The average molecular weight is 494 g/mol. The molecule has 0 aliphatic heterocycles. The van der Waals surface area contributed by atoms with Crippen molar-refractivity contribution in [3.63, 3.8) is 0 Å². The first-order chi connectivity index (χ1) is 15.2. The number of hydrogen-bond acceptors (Lipinski definition) is 5. The van der Waals surface area contributed by atoms with Crippen LogP contribution >= 0.6 is 27.7 Å². The van der Waals surface area contributed by atoms with Gasteiger partial charge in [-0.2, -0.15) is 0 Å². The van der Waals surface area contributed by atoms with E-state index in [1.54, 1.807) is 0 Å². The van der Waals surface area contributed by atoms with Crippen LogP contribution in [0.4, 0.5) is 0 Å². The third-order valence-electron chi connectivity index (χ3n) is 4.59. The van der Waals surface area contributed by atoms with Crippen molar-refractivity contribution in [2.75, 3.05) is 5.75 Å². The highest BCUT2D eigenvalue weighted by Crippen LogP contribution is 2.22. The number of ketones is 1. The molecule has 0 fully saturated rings. The van der Waals surface area contributed by atoms with Crippen molar-refractivity contribution in [2.45, 2.75) is 18.3 Å². The molecule has 4 aromatic rings. The van der Waals surface area contributed by atoms with E-state index in [2.05, 4.69) is 38.3 Å². The summed E-state index contributed by atoms with van der Waals surface area (Å²) in [5.74, 6) is 1.82. The van der Waals surface area contributed by atoms with Gasteiger partial charge in [-0.1, -0.05) is 88.4 Å². The number of benzene rings is 3. The molecule has 0 saturated carbocycles. The summed E-state index contributed by atoms with van der Waals surface area (Å²) in [6.07, 6.45) is 0. The number of rotatable bonds is 9. The van der Waals surface area contributed by atoms with Gasteiger partial charge in [0.05, 0.1) is 12.3 Å². The zero-order valence-corrected chi connectivity index (χ0v) is 19.1. The van der Waals surface area contributed by atoms with Crippen molar-refractivity contribution in [3.05, 3.63) is 106 Å². The van der Waals surface area contributed by atoms with Crippen molar-refractivity contribution in [1.82, 2.24) is 14.8 Å². The summed E-state index contributed by atoms with van der Waals surface area (Å²) < 4.78 is 8.84. The van der Waals surface area contributed by atoms with Crippen LogP contribution in [-0.4, -0.2) is 26.3 Å². The topological polar surface area (TPSA) is 57.0 Å². The maximum absolute atomic E-state index is 12.6. The van der Waals surface area contributed by atoms with E-state index >= 15 is 0 Å². The molecule has 1 heterocycles. The first kappa shape index (κ1) is 21.3. The number of ether oxygens (including phenoxy) is 1. The highest BCUT2D eigenvalue weighted by atomic mass is 79.9. The van der Waals surface area contributed by atoms with Crippen LogP contribution < -0.4 is 4.74 Å². The van der Waals surface area contributed by atoms with E-state index in [-0.39, 0.29) is 11.5 Å². The van der Waals surface area contributed by atoms with Gasteiger partial charge in [-0.3, -0.25) is 9.36 Å². The van der Waals surface area contributed by atoms with Gasteiger partial charge in [0.1, 0.15) is 12.4 Å². The lowest BCUT2D eigenvalue weighted by Gasteiger charge is -2.11. The van der Waals surface area contributed by atoms with Gasteiger partial charge in [0, 0.05) is 10.0 Å². The molecule has 0 spiro atoms. The minimum atomic E-state index is 0.0499. The molecule has 0 aliphatic carbocycles. The zero-order chi connectivity index (χ0) is 21.5. The van der Waals surface area contributed by atoms with Gasteiger partial charge in [0.25, 0.3) is 0 Å². The fourth-order valence-corrected chi connectivity index (χ4v) is 4.09. The molecule has 0 atom stereocenters. The third kappa shape index (κ3) is 5.83. The Morgan fingerprint density at radius 1 is 0.903 bits per heavy atom. The highest BCUT2D eigenvalue weighted by Gasteiger charge is 2.16. The molecule has 3 aromatic carbocycles. The number of thioether (sulfide) groups is 1. The Morgan fingerprint density at radius 3 is 2.29 bits per heavy atom. The molecule has 0 radical (unpaired) electrons. The second kappa shape index (κ2) is 10.4. The molecule has 31 heavy (non-hydrogen) atoms. The SMILES string of the molecule is O=C(CSc1nnc(COc2ccccc2)n1Cc1ccccc1)c1ccc(Br)cc1. The first-order valence-corrected chi connectivity index (χ1v) is 11.5. The molecular weight excluding hydrogens is 474 g/mol. The van der Waals surface area contributed by atoms with Crippen LogP contribution in [0.2, 0.25) is 0 Å². The molecule has 0 unspecified atom stereocenters. The Kier molecular flexibility index (Phi) is 7.17. The zero-order valence-electron chi connectivity index (χ0n) is 16.6. The molecule has 5 nitrogen and oxygen atoms in total. The lowest BCUT2D eigenvalue weighted by atomic mass is 10.2. The molecule has 0 bridgehead atoms. The Hall–Kier alpha value is -2.90. The van der Waals surface area contributed by atoms with Crippen LogP contribution in [0.5, 0.6) is 5.75 Å². The molecule has 0 saturated heterocycles. The number of para-hydroxylation sites is 1. The van der Waals surface area contributed by atoms with E-state index < -0.39 is 0 Å². The van der Waals surface area contributed by atoms with Gasteiger partial charge >= 0.3 is 0 Å². The van der Waals surface area contributed by atoms with Crippen LogP contribution in [0.15, 0.2) is 94.6 Å². The van der Waals surface area contributed by atoms with E-state index in [1.165, 1.54) is 11.8 Å². The number of carbonyl (C=O) groups is 1. The summed E-state index contributed by atoms with van der Waals surface area (Å²) >= 11 is 4.78. The summed E-state index contributed by atoms with van der Waals surface area (Å²) in [5, 5.41) is 9.38. The number of halogens is 1. The molecular formula is C24H20BrN3O2S. The fourth-order valence-electron chi connectivity index (χ4n) is 2.97. The van der Waals surface area contributed by atoms with Crippen molar-refractivity contribution < 1.29 is 9.53 Å². The second-order valence-corrected chi connectivity index (χ2v) is 8.65. The van der Waals surface area contributed by atoms with Gasteiger partial charge < -0.3 is 4.74 Å². The van der Waals surface area contributed by atoms with E-state index in [4.69, 9.17) is 4.74 Å². The van der Waals surface area contributed by atoms with Crippen molar-refractivity contribution in [2.24, 2.45) is 0 Å². The van der Waals surface area contributed by atoms with Crippen LogP contribution in [0, 0.1) is 0 Å². The predicted molar refractivity (Wildman–Crippen MR) is 126 cm³/mol. The summed E-state index contributed by atoms with van der Waals surface area (Å²) in [6.45, 7) is 0.904. The summed E-state index contributed by atoms with van der Waals surface area (Å²) in [5.41, 5.74) is 1.81. The molecule has 4 rings (SSSR count). The predicted octanol–water partition coefficient (Wildman–Crippen LogP) is 5.64. The highest BCUT2D eigenvalue weighted by molar-refractivity contribution is 9.10. The Balaban J connectivity index is 1.51. The van der Waals surface area contributed by atoms with Gasteiger partial charge in [-0.15, -0.1) is 10.2 Å². The average Bonchev–Trinajstić information content (AvgIpc) is 3.19. The van der Waals surface area contributed by atoms with Crippen molar-refractivity contribution in [1.29, 1.82) is 0 Å². The lowest BCUT2D eigenvalue weighted by Crippen LogP contribution is -2.10. The largest absolute Gasteiger partial charge is 0.486 e. The van der Waals surface area contributed by atoms with Crippen molar-refractivity contribution >= 4 is 33.5 Å². The number of Topliss-reactive ketones (excluding diaryl/α,β-unsaturated/α-hetero) is 1. The Labute approximate surface area is 193 Å². The molecule has 0 N–H and O–H groups in total. The Bertz CT molecular complexity index is 1130. The quantitative estimate of drug-likeness (QED) is 0.223. The normalized spacial score (nSPS) is 10.7. The van der Waals surface area contributed by atoms with E-state index in [0.29, 0.717) is 29.7 Å². The van der Waals surface area contributed by atoms with E-state index in [9.17, 15) is 4.79 Å². The molecule has 0 amide bonds. The van der Waals surface area contributed by atoms with Crippen LogP contribution in [-0.2, 0) is 13.2 Å². The second-order valence-electron chi connectivity index (χ2n) is 6.79.